The third-order valence-electron chi connectivity index (χ3n) is 4.76. The highest BCUT2D eigenvalue weighted by atomic mass is 32.1. The average molecular weight is 440 g/mol. The Morgan fingerprint density at radius 2 is 1.94 bits per heavy atom. The smallest absolute Gasteiger partial charge is 0.314 e. The number of pyridine rings is 1. The molecule has 0 saturated carbocycles. The van der Waals surface area contributed by atoms with E-state index in [4.69, 9.17) is 9.73 Å². The number of carbonyl (C=O) groups excluding carboxylic acids is 1. The third kappa shape index (κ3) is 6.68. The molecule has 2 amide bonds. The molecule has 2 N–H and O–H groups in total. The largest absolute Gasteiger partial charge is 0.497 e. The van der Waals surface area contributed by atoms with Crippen molar-refractivity contribution in [2.75, 3.05) is 26.7 Å². The van der Waals surface area contributed by atoms with Gasteiger partial charge < -0.3 is 19.9 Å². The predicted molar refractivity (Wildman–Crippen MR) is 124 cm³/mol. The number of thiazole rings is 1. The fourth-order valence-corrected chi connectivity index (χ4v) is 4.12. The molecule has 3 aromatic rings. The lowest BCUT2D eigenvalue weighted by atomic mass is 10.1. The lowest BCUT2D eigenvalue weighted by Crippen LogP contribution is -2.36. The molecule has 0 aliphatic heterocycles. The zero-order valence-electron chi connectivity index (χ0n) is 18.0. The zero-order chi connectivity index (χ0) is 21.9. The summed E-state index contributed by atoms with van der Waals surface area (Å²) >= 11 is 1.64. The van der Waals surface area contributed by atoms with E-state index in [0.717, 1.165) is 41.2 Å². The molecule has 0 fully saturated rings. The van der Waals surface area contributed by atoms with Gasteiger partial charge >= 0.3 is 6.03 Å². The van der Waals surface area contributed by atoms with Gasteiger partial charge in [0.2, 0.25) is 0 Å². The van der Waals surface area contributed by atoms with Crippen molar-refractivity contribution >= 4 is 17.4 Å². The fourth-order valence-electron chi connectivity index (χ4n) is 3.16. The highest BCUT2D eigenvalue weighted by Crippen LogP contribution is 2.23. The molecule has 0 atom stereocenters. The predicted octanol–water partition coefficient (Wildman–Crippen LogP) is 3.47. The Bertz CT molecular complexity index is 1010. The van der Waals surface area contributed by atoms with Crippen LogP contribution in [-0.4, -0.2) is 42.3 Å². The van der Waals surface area contributed by atoms with Crippen molar-refractivity contribution in [3.63, 3.8) is 0 Å². The average Bonchev–Trinajstić information content (AvgIpc) is 3.20. The first-order valence-electron chi connectivity index (χ1n) is 10.4. The quantitative estimate of drug-likeness (QED) is 0.475. The molecule has 2 heterocycles. The van der Waals surface area contributed by atoms with Gasteiger partial charge in [-0.1, -0.05) is 0 Å². The van der Waals surface area contributed by atoms with Gasteiger partial charge in [0.1, 0.15) is 5.75 Å². The van der Waals surface area contributed by atoms with Gasteiger partial charge in [-0.25, -0.2) is 4.79 Å². The van der Waals surface area contributed by atoms with Crippen molar-refractivity contribution in [3.05, 3.63) is 64.5 Å². The lowest BCUT2D eigenvalue weighted by Gasteiger charge is -2.11. The molecule has 0 aliphatic carbocycles. The minimum absolute atomic E-state index is 0.129. The van der Waals surface area contributed by atoms with Gasteiger partial charge in [0.25, 0.3) is 0 Å². The summed E-state index contributed by atoms with van der Waals surface area (Å²) in [5.41, 5.74) is 3.46. The number of nitrogens with one attached hydrogen (secondary N) is 2. The zero-order valence-corrected chi connectivity index (χ0v) is 18.8. The lowest BCUT2D eigenvalue weighted by molar-refractivity contribution is 0.241. The SMILES string of the molecule is CCNC(=O)NCCCn1c(-c2ccc(OC)cc2)csc1=NCCc1ccncc1. The first-order valence-corrected chi connectivity index (χ1v) is 11.3. The molecule has 8 heteroatoms. The molecule has 1 aromatic carbocycles. The van der Waals surface area contributed by atoms with Crippen molar-refractivity contribution in [1.82, 2.24) is 20.2 Å². The van der Waals surface area contributed by atoms with E-state index in [-0.39, 0.29) is 6.03 Å². The number of aromatic nitrogens is 2. The molecule has 3 rings (SSSR count). The maximum atomic E-state index is 11.6. The maximum absolute atomic E-state index is 11.6. The van der Waals surface area contributed by atoms with Crippen molar-refractivity contribution in [1.29, 1.82) is 0 Å². The van der Waals surface area contributed by atoms with Crippen LogP contribution >= 0.6 is 11.3 Å². The van der Waals surface area contributed by atoms with Crippen molar-refractivity contribution in [3.8, 4) is 17.0 Å². The van der Waals surface area contributed by atoms with Gasteiger partial charge in [0, 0.05) is 44.0 Å². The summed E-state index contributed by atoms with van der Waals surface area (Å²) in [6.07, 6.45) is 5.31. The first-order chi connectivity index (χ1) is 15.2. The van der Waals surface area contributed by atoms with Crippen LogP contribution in [0.25, 0.3) is 11.3 Å². The summed E-state index contributed by atoms with van der Waals surface area (Å²) in [6, 6.07) is 12.0. The summed E-state index contributed by atoms with van der Waals surface area (Å²) in [5.74, 6) is 0.832. The fraction of sp³-hybridized carbons (Fsp3) is 0.348. The van der Waals surface area contributed by atoms with Crippen molar-refractivity contribution in [2.45, 2.75) is 26.3 Å². The van der Waals surface area contributed by atoms with Crippen LogP contribution in [0.3, 0.4) is 0 Å². The molecule has 164 valence electrons. The van der Waals surface area contributed by atoms with Crippen LogP contribution in [0.4, 0.5) is 4.79 Å². The number of ether oxygens (including phenoxy) is 1. The Morgan fingerprint density at radius 3 is 2.65 bits per heavy atom. The number of nitrogens with zero attached hydrogens (tertiary/aromatic N) is 3. The second kappa shape index (κ2) is 11.9. The molecule has 0 radical (unpaired) electrons. The van der Waals surface area contributed by atoms with E-state index in [9.17, 15) is 4.79 Å². The van der Waals surface area contributed by atoms with Crippen molar-refractivity contribution in [2.24, 2.45) is 4.99 Å². The number of carbonyl (C=O) groups is 1. The molecule has 31 heavy (non-hydrogen) atoms. The molecular weight excluding hydrogens is 410 g/mol. The number of amides is 2. The van der Waals surface area contributed by atoms with Crippen LogP contribution in [0, 0.1) is 0 Å². The van der Waals surface area contributed by atoms with Gasteiger partial charge in [-0.3, -0.25) is 9.98 Å². The second-order valence-electron chi connectivity index (χ2n) is 6.91. The van der Waals surface area contributed by atoms with Crippen LogP contribution < -0.4 is 20.2 Å². The number of hydrogen-bond donors (Lipinski definition) is 2. The minimum Gasteiger partial charge on any atom is -0.497 e. The standard InChI is InChI=1S/C23H29N5O2S/c1-3-25-22(29)26-12-4-16-28-21(19-5-7-20(30-2)8-6-19)17-31-23(28)27-15-11-18-9-13-24-14-10-18/h5-10,13-14,17H,3-4,11-12,15-16H2,1-2H3,(H2,25,26,29). The van der Waals surface area contributed by atoms with Gasteiger partial charge in [-0.2, -0.15) is 0 Å². The molecule has 0 unspecified atom stereocenters. The molecular formula is C23H29N5O2S. The van der Waals surface area contributed by atoms with E-state index in [1.54, 1.807) is 18.4 Å². The van der Waals surface area contributed by atoms with E-state index in [2.05, 4.69) is 37.7 Å². The molecule has 0 aliphatic rings. The summed E-state index contributed by atoms with van der Waals surface area (Å²) in [4.78, 5) is 21.5. The Kier molecular flexibility index (Phi) is 8.66. The topological polar surface area (TPSA) is 80.5 Å². The number of hydrogen-bond acceptors (Lipinski definition) is 5. The van der Waals surface area contributed by atoms with E-state index in [0.29, 0.717) is 19.6 Å². The van der Waals surface area contributed by atoms with Crippen LogP contribution in [0.15, 0.2) is 59.2 Å². The molecule has 0 spiro atoms. The number of rotatable bonds is 10. The number of benzene rings is 1. The number of urea groups is 1. The number of methoxy groups -OCH3 is 1. The minimum atomic E-state index is -0.129. The molecule has 2 aromatic heterocycles. The molecule has 7 nitrogen and oxygen atoms in total. The maximum Gasteiger partial charge on any atom is 0.314 e. The summed E-state index contributed by atoms with van der Waals surface area (Å²) in [5, 5.41) is 7.79. The summed E-state index contributed by atoms with van der Waals surface area (Å²) < 4.78 is 7.52. The highest BCUT2D eigenvalue weighted by Gasteiger charge is 2.09. The van der Waals surface area contributed by atoms with Crippen LogP contribution in [0.1, 0.15) is 18.9 Å². The first kappa shape index (κ1) is 22.6. The normalized spacial score (nSPS) is 11.4. The summed E-state index contributed by atoms with van der Waals surface area (Å²) in [7, 11) is 1.67. The second-order valence-corrected chi connectivity index (χ2v) is 7.75. The third-order valence-corrected chi connectivity index (χ3v) is 5.66. The van der Waals surface area contributed by atoms with E-state index in [1.165, 1.54) is 5.56 Å². The van der Waals surface area contributed by atoms with Crippen LogP contribution in [0.2, 0.25) is 0 Å². The summed E-state index contributed by atoms with van der Waals surface area (Å²) in [6.45, 7) is 4.61. The Morgan fingerprint density at radius 1 is 1.16 bits per heavy atom. The van der Waals surface area contributed by atoms with Crippen LogP contribution in [-0.2, 0) is 13.0 Å². The Balaban J connectivity index is 1.76. The Labute approximate surface area is 186 Å². The van der Waals surface area contributed by atoms with Gasteiger partial charge in [0.05, 0.1) is 12.8 Å². The molecule has 0 bridgehead atoms. The van der Waals surface area contributed by atoms with Gasteiger partial charge in [0.15, 0.2) is 4.80 Å². The molecule has 0 saturated heterocycles. The van der Waals surface area contributed by atoms with E-state index < -0.39 is 0 Å². The van der Waals surface area contributed by atoms with Crippen molar-refractivity contribution < 1.29 is 9.53 Å². The highest BCUT2D eigenvalue weighted by molar-refractivity contribution is 7.07. The monoisotopic (exact) mass is 439 g/mol. The van der Waals surface area contributed by atoms with Gasteiger partial charge in [-0.05, 0) is 67.3 Å². The van der Waals surface area contributed by atoms with E-state index >= 15 is 0 Å². The van der Waals surface area contributed by atoms with E-state index in [1.807, 2.05) is 43.6 Å². The Hall–Kier alpha value is -3.13. The van der Waals surface area contributed by atoms with Gasteiger partial charge in [-0.15, -0.1) is 11.3 Å². The van der Waals surface area contributed by atoms with Crippen LogP contribution in [0.5, 0.6) is 5.75 Å².